The lowest BCUT2D eigenvalue weighted by Gasteiger charge is -2.61. The van der Waals surface area contributed by atoms with Gasteiger partial charge in [-0.15, -0.1) is 11.6 Å². The number of amides is 1. The van der Waals surface area contributed by atoms with E-state index in [1.807, 2.05) is 11.5 Å². The third kappa shape index (κ3) is 2.87. The molecule has 4 nitrogen and oxygen atoms in total. The van der Waals surface area contributed by atoms with Crippen molar-refractivity contribution in [1.29, 1.82) is 0 Å². The Morgan fingerprint density at radius 2 is 1.95 bits per heavy atom. The predicted octanol–water partition coefficient (Wildman–Crippen LogP) is 3.40. The van der Waals surface area contributed by atoms with Crippen LogP contribution in [-0.2, 0) is 14.3 Å². The maximum absolute atomic E-state index is 12.8. The monoisotopic (exact) mass is 333 g/mol. The number of methoxy groups -OCH3 is 1. The number of carbonyl (C=O) groups is 2. The Hall–Kier alpha value is -0.553. The second-order valence-electron chi connectivity index (χ2n) is 7.62. The van der Waals surface area contributed by atoms with Gasteiger partial charge in [-0.05, 0) is 24.8 Å². The minimum atomic E-state index is -2.10. The Morgan fingerprint density at radius 3 is 2.33 bits per heavy atom. The van der Waals surface area contributed by atoms with Gasteiger partial charge < -0.3 is 9.30 Å². The highest BCUT2D eigenvalue weighted by atomic mass is 35.5. The van der Waals surface area contributed by atoms with E-state index < -0.39 is 19.7 Å². The molecule has 0 aromatic rings. The number of hydrogen-bond acceptors (Lipinski definition) is 3. The molecule has 1 aliphatic heterocycles. The molecular weight excluding hydrogens is 306 g/mol. The molecule has 0 bridgehead atoms. The van der Waals surface area contributed by atoms with E-state index in [0.717, 1.165) is 6.42 Å². The molecule has 1 rings (SSSR count). The van der Waals surface area contributed by atoms with E-state index in [-0.39, 0.29) is 16.9 Å². The van der Waals surface area contributed by atoms with Crippen molar-refractivity contribution in [2.75, 3.05) is 13.0 Å². The van der Waals surface area contributed by atoms with Crippen LogP contribution in [0.15, 0.2) is 0 Å². The van der Waals surface area contributed by atoms with Gasteiger partial charge >= 0.3 is 5.97 Å². The minimum Gasteiger partial charge on any atom is -0.467 e. The second-order valence-corrected chi connectivity index (χ2v) is 13.1. The average Bonchev–Trinajstić information content (AvgIpc) is 2.38. The molecule has 1 aliphatic rings. The van der Waals surface area contributed by atoms with Gasteiger partial charge in [-0.2, -0.15) is 0 Å². The summed E-state index contributed by atoms with van der Waals surface area (Å²) in [6.45, 7) is 12.6. The molecule has 6 heteroatoms. The first-order valence-electron chi connectivity index (χ1n) is 7.42. The lowest BCUT2D eigenvalue weighted by atomic mass is 9.71. The maximum Gasteiger partial charge on any atom is 0.328 e. The molecule has 0 aromatic heterocycles. The largest absolute Gasteiger partial charge is 0.467 e. The zero-order chi connectivity index (χ0) is 16.6. The highest BCUT2D eigenvalue weighted by molar-refractivity contribution is 6.80. The number of halogens is 1. The third-order valence-electron chi connectivity index (χ3n) is 5.26. The summed E-state index contributed by atoms with van der Waals surface area (Å²) >= 11 is 5.76. The van der Waals surface area contributed by atoms with Crippen molar-refractivity contribution in [3.63, 3.8) is 0 Å². The Morgan fingerprint density at radius 1 is 1.43 bits per heavy atom. The van der Waals surface area contributed by atoms with E-state index in [2.05, 4.69) is 33.9 Å². The van der Waals surface area contributed by atoms with Crippen LogP contribution in [0.3, 0.4) is 0 Å². The van der Waals surface area contributed by atoms with Crippen LogP contribution < -0.4 is 0 Å². The molecule has 1 amide bonds. The topological polar surface area (TPSA) is 46.6 Å². The smallest absolute Gasteiger partial charge is 0.328 e. The van der Waals surface area contributed by atoms with Gasteiger partial charge in [-0.1, -0.05) is 33.9 Å². The van der Waals surface area contributed by atoms with Crippen molar-refractivity contribution in [2.24, 2.45) is 5.41 Å². The van der Waals surface area contributed by atoms with Gasteiger partial charge in [0.05, 0.1) is 12.5 Å². The number of rotatable bonds is 5. The normalized spacial score (nSPS) is 26.6. The van der Waals surface area contributed by atoms with Gasteiger partial charge in [0.25, 0.3) is 0 Å². The molecule has 21 heavy (non-hydrogen) atoms. The van der Waals surface area contributed by atoms with E-state index in [1.54, 1.807) is 0 Å². The van der Waals surface area contributed by atoms with E-state index in [4.69, 9.17) is 16.3 Å². The van der Waals surface area contributed by atoms with Crippen molar-refractivity contribution in [2.45, 2.75) is 64.7 Å². The summed E-state index contributed by atoms with van der Waals surface area (Å²) in [7, 11) is -0.719. The number of alkyl halides is 1. The summed E-state index contributed by atoms with van der Waals surface area (Å²) in [5, 5.41) is -0.0112. The fourth-order valence-electron chi connectivity index (χ4n) is 2.82. The summed E-state index contributed by atoms with van der Waals surface area (Å²) < 4.78 is 6.81. The van der Waals surface area contributed by atoms with E-state index >= 15 is 0 Å². The first-order chi connectivity index (χ1) is 9.45. The molecule has 1 heterocycles. The molecule has 122 valence electrons. The highest BCUT2D eigenvalue weighted by Gasteiger charge is 2.66. The first-order valence-corrected chi connectivity index (χ1v) is 10.9. The molecule has 0 aromatic carbocycles. The number of esters is 1. The Bertz CT molecular complexity index is 433. The molecule has 0 radical (unpaired) electrons. The quantitative estimate of drug-likeness (QED) is 0.335. The van der Waals surface area contributed by atoms with Gasteiger partial charge in [0.1, 0.15) is 6.04 Å². The van der Waals surface area contributed by atoms with Gasteiger partial charge in [0.15, 0.2) is 8.24 Å². The van der Waals surface area contributed by atoms with E-state index in [0.29, 0.717) is 12.3 Å². The van der Waals surface area contributed by atoms with E-state index in [1.165, 1.54) is 7.11 Å². The summed E-state index contributed by atoms with van der Waals surface area (Å²) in [5.74, 6) is 0.266. The van der Waals surface area contributed by atoms with Crippen molar-refractivity contribution >= 4 is 31.7 Å². The van der Waals surface area contributed by atoms with Crippen molar-refractivity contribution in [3.05, 3.63) is 0 Å². The summed E-state index contributed by atoms with van der Waals surface area (Å²) in [5.41, 5.74) is -0.669. The van der Waals surface area contributed by atoms with Crippen LogP contribution in [0.1, 0.15) is 40.5 Å². The van der Waals surface area contributed by atoms with Gasteiger partial charge in [-0.25, -0.2) is 4.79 Å². The lowest BCUT2D eigenvalue weighted by Crippen LogP contribution is -2.79. The number of β-lactam (4-membered cyclic amide) rings is 1. The van der Waals surface area contributed by atoms with Gasteiger partial charge in [0, 0.05) is 5.88 Å². The van der Waals surface area contributed by atoms with Gasteiger partial charge in [0.2, 0.25) is 5.91 Å². The predicted molar refractivity (Wildman–Crippen MR) is 87.9 cm³/mol. The molecule has 2 atom stereocenters. The molecule has 0 spiro atoms. The number of nitrogens with zero attached hydrogens (tertiary/aromatic N) is 1. The molecule has 1 unspecified atom stereocenters. The van der Waals surface area contributed by atoms with Crippen LogP contribution >= 0.6 is 11.6 Å². The SMILES string of the molecule is COC(=O)C1N([Si](C)(C)C(C)(C)C)C(=O)[C@]1(C)CCCCl. The zero-order valence-electron chi connectivity index (χ0n) is 14.2. The molecule has 0 aliphatic carbocycles. The molecule has 0 N–H and O–H groups in total. The molecule has 1 saturated heterocycles. The fourth-order valence-corrected chi connectivity index (χ4v) is 5.48. The summed E-state index contributed by atoms with van der Waals surface area (Å²) in [6.07, 6.45) is 1.35. The van der Waals surface area contributed by atoms with E-state index in [9.17, 15) is 9.59 Å². The van der Waals surface area contributed by atoms with Crippen LogP contribution in [0.4, 0.5) is 0 Å². The second kappa shape index (κ2) is 5.92. The standard InChI is InChI=1S/C15H28ClNO3Si/c1-14(2,3)21(6,7)17-11(12(18)20-5)15(4,13(17)19)9-8-10-16/h11H,8-10H2,1-7H3/t11?,15-/m1/s1. The van der Waals surface area contributed by atoms with Crippen LogP contribution in [-0.4, -0.2) is 43.7 Å². The van der Waals surface area contributed by atoms with Gasteiger partial charge in [-0.3, -0.25) is 4.79 Å². The molecular formula is C15H28ClNO3Si. The molecule has 1 fully saturated rings. The number of carbonyl (C=O) groups excluding carboxylic acids is 2. The minimum absolute atomic E-state index is 0.0112. The van der Waals surface area contributed by atoms with Crippen LogP contribution in [0.25, 0.3) is 0 Å². The molecule has 0 saturated carbocycles. The van der Waals surface area contributed by atoms with Crippen molar-refractivity contribution in [1.82, 2.24) is 4.57 Å². The Labute approximate surface area is 134 Å². The third-order valence-corrected chi connectivity index (χ3v) is 10.9. The van der Waals surface area contributed by atoms with Crippen molar-refractivity contribution < 1.29 is 14.3 Å². The number of hydrogen-bond donors (Lipinski definition) is 0. The van der Waals surface area contributed by atoms with Crippen LogP contribution in [0, 0.1) is 5.41 Å². The average molecular weight is 334 g/mol. The Balaban J connectivity index is 3.18. The first kappa shape index (κ1) is 18.5. The van der Waals surface area contributed by atoms with Crippen molar-refractivity contribution in [3.8, 4) is 0 Å². The summed E-state index contributed by atoms with van der Waals surface area (Å²) in [6, 6.07) is -0.473. The fraction of sp³-hybridized carbons (Fsp3) is 0.867. The zero-order valence-corrected chi connectivity index (χ0v) is 16.0. The van der Waals surface area contributed by atoms with Crippen LogP contribution in [0.5, 0.6) is 0 Å². The Kier molecular flexibility index (Phi) is 5.21. The summed E-state index contributed by atoms with van der Waals surface area (Å²) in [4.78, 5) is 25.1. The maximum atomic E-state index is 12.8. The number of ether oxygens (including phenoxy) is 1. The highest BCUT2D eigenvalue weighted by Crippen LogP contribution is 2.51. The lowest BCUT2D eigenvalue weighted by molar-refractivity contribution is -0.177. The van der Waals surface area contributed by atoms with Crippen LogP contribution in [0.2, 0.25) is 18.1 Å².